The van der Waals surface area contributed by atoms with Gasteiger partial charge in [-0.2, -0.15) is 4.98 Å². The predicted molar refractivity (Wildman–Crippen MR) is 72.0 cm³/mol. The van der Waals surface area contributed by atoms with Gasteiger partial charge in [-0.05, 0) is 19.1 Å². The molecule has 0 saturated carbocycles. The standard InChI is InChI=1S/C12H15ClN4O/c1-3-14-12-15-7-10(13)11(16-12)17(2)8-9-5-4-6-18-9/h4-7H,3,8H2,1-2H3,(H,14,15,16). The predicted octanol–water partition coefficient (Wildman–Crippen LogP) is 2.79. The number of rotatable bonds is 5. The van der Waals surface area contributed by atoms with E-state index in [0.717, 1.165) is 12.3 Å². The minimum Gasteiger partial charge on any atom is -0.467 e. The smallest absolute Gasteiger partial charge is 0.224 e. The Morgan fingerprint density at radius 2 is 2.33 bits per heavy atom. The first-order valence-corrected chi connectivity index (χ1v) is 6.08. The minimum absolute atomic E-state index is 0.519. The Bertz CT molecular complexity index is 501. The SMILES string of the molecule is CCNc1ncc(Cl)c(N(C)Cc2ccco2)n1. The van der Waals surface area contributed by atoms with Gasteiger partial charge in [0, 0.05) is 13.6 Å². The molecule has 2 heterocycles. The van der Waals surface area contributed by atoms with Gasteiger partial charge in [0.15, 0.2) is 5.82 Å². The molecule has 0 aromatic carbocycles. The van der Waals surface area contributed by atoms with E-state index in [-0.39, 0.29) is 0 Å². The van der Waals surface area contributed by atoms with Crippen molar-refractivity contribution in [3.05, 3.63) is 35.4 Å². The van der Waals surface area contributed by atoms with E-state index in [1.807, 2.05) is 31.0 Å². The highest BCUT2D eigenvalue weighted by Crippen LogP contribution is 2.24. The number of nitrogens with zero attached hydrogens (tertiary/aromatic N) is 3. The van der Waals surface area contributed by atoms with E-state index in [1.165, 1.54) is 0 Å². The van der Waals surface area contributed by atoms with Crippen LogP contribution >= 0.6 is 11.6 Å². The highest BCUT2D eigenvalue weighted by Gasteiger charge is 2.11. The van der Waals surface area contributed by atoms with Crippen molar-refractivity contribution in [3.8, 4) is 0 Å². The summed E-state index contributed by atoms with van der Waals surface area (Å²) < 4.78 is 5.30. The van der Waals surface area contributed by atoms with E-state index in [1.54, 1.807) is 12.5 Å². The second-order valence-corrected chi connectivity index (χ2v) is 4.24. The monoisotopic (exact) mass is 266 g/mol. The lowest BCUT2D eigenvalue weighted by Gasteiger charge is -2.18. The quantitative estimate of drug-likeness (QED) is 0.902. The number of nitrogens with one attached hydrogen (secondary N) is 1. The summed E-state index contributed by atoms with van der Waals surface area (Å²) >= 11 is 6.11. The average Bonchev–Trinajstić information content (AvgIpc) is 2.84. The van der Waals surface area contributed by atoms with E-state index in [2.05, 4.69) is 15.3 Å². The molecule has 2 rings (SSSR count). The lowest BCUT2D eigenvalue weighted by Crippen LogP contribution is -2.18. The average molecular weight is 267 g/mol. The topological polar surface area (TPSA) is 54.2 Å². The first-order valence-electron chi connectivity index (χ1n) is 5.70. The third-order valence-electron chi connectivity index (χ3n) is 2.40. The lowest BCUT2D eigenvalue weighted by atomic mass is 10.4. The Morgan fingerprint density at radius 1 is 1.50 bits per heavy atom. The third-order valence-corrected chi connectivity index (χ3v) is 2.66. The summed E-state index contributed by atoms with van der Waals surface area (Å²) in [6.45, 7) is 3.36. The van der Waals surface area contributed by atoms with Crippen molar-refractivity contribution in [3.63, 3.8) is 0 Å². The number of hydrogen-bond donors (Lipinski definition) is 1. The van der Waals surface area contributed by atoms with E-state index >= 15 is 0 Å². The molecule has 1 N–H and O–H groups in total. The lowest BCUT2D eigenvalue weighted by molar-refractivity contribution is 0.507. The molecule has 0 radical (unpaired) electrons. The molecule has 0 fully saturated rings. The van der Waals surface area contributed by atoms with Gasteiger partial charge in [0.1, 0.15) is 10.8 Å². The van der Waals surface area contributed by atoms with Crippen LogP contribution in [0.15, 0.2) is 29.0 Å². The summed E-state index contributed by atoms with van der Waals surface area (Å²) in [7, 11) is 1.91. The van der Waals surface area contributed by atoms with Gasteiger partial charge in [-0.25, -0.2) is 4.98 Å². The third kappa shape index (κ3) is 2.92. The first-order chi connectivity index (χ1) is 8.70. The summed E-state index contributed by atoms with van der Waals surface area (Å²) in [5.41, 5.74) is 0. The number of anilines is 2. The summed E-state index contributed by atoms with van der Waals surface area (Å²) in [5, 5.41) is 3.58. The number of aromatic nitrogens is 2. The van der Waals surface area contributed by atoms with Crippen LogP contribution in [0.25, 0.3) is 0 Å². The highest BCUT2D eigenvalue weighted by atomic mass is 35.5. The summed E-state index contributed by atoms with van der Waals surface area (Å²) in [6, 6.07) is 3.77. The molecule has 6 heteroatoms. The molecule has 0 aliphatic heterocycles. The van der Waals surface area contributed by atoms with E-state index < -0.39 is 0 Å². The van der Waals surface area contributed by atoms with Gasteiger partial charge in [0.05, 0.1) is 19.0 Å². The zero-order valence-corrected chi connectivity index (χ0v) is 11.1. The molecule has 0 bridgehead atoms. The molecular formula is C12H15ClN4O. The molecular weight excluding hydrogens is 252 g/mol. The van der Waals surface area contributed by atoms with Gasteiger partial charge in [-0.15, -0.1) is 0 Å². The van der Waals surface area contributed by atoms with Gasteiger partial charge >= 0.3 is 0 Å². The summed E-state index contributed by atoms with van der Waals surface area (Å²) in [4.78, 5) is 10.4. The van der Waals surface area contributed by atoms with Crippen molar-refractivity contribution < 1.29 is 4.42 Å². The number of hydrogen-bond acceptors (Lipinski definition) is 5. The van der Waals surface area contributed by atoms with Gasteiger partial charge in [0.25, 0.3) is 0 Å². The Kier molecular flexibility index (Phi) is 4.04. The van der Waals surface area contributed by atoms with E-state index in [0.29, 0.717) is 23.3 Å². The van der Waals surface area contributed by atoms with Gasteiger partial charge in [-0.1, -0.05) is 11.6 Å². The Hall–Kier alpha value is -1.75. The van der Waals surface area contributed by atoms with Crippen LogP contribution in [-0.4, -0.2) is 23.6 Å². The second-order valence-electron chi connectivity index (χ2n) is 3.83. The largest absolute Gasteiger partial charge is 0.467 e. The van der Waals surface area contributed by atoms with Crippen LogP contribution in [0, 0.1) is 0 Å². The van der Waals surface area contributed by atoms with Crippen LogP contribution < -0.4 is 10.2 Å². The zero-order valence-electron chi connectivity index (χ0n) is 10.4. The van der Waals surface area contributed by atoms with Crippen molar-refractivity contribution in [2.45, 2.75) is 13.5 Å². The molecule has 0 saturated heterocycles. The van der Waals surface area contributed by atoms with Crippen molar-refractivity contribution >= 4 is 23.4 Å². The van der Waals surface area contributed by atoms with Crippen molar-refractivity contribution in [2.75, 3.05) is 23.8 Å². The fraction of sp³-hybridized carbons (Fsp3) is 0.333. The Labute approximate surface area is 111 Å². The number of furan rings is 1. The first kappa shape index (κ1) is 12.7. The molecule has 0 aliphatic rings. The van der Waals surface area contributed by atoms with Crippen LogP contribution in [-0.2, 0) is 6.54 Å². The van der Waals surface area contributed by atoms with Crippen LogP contribution in [0.5, 0.6) is 0 Å². The Balaban J connectivity index is 2.17. The second kappa shape index (κ2) is 5.73. The normalized spacial score (nSPS) is 10.4. The van der Waals surface area contributed by atoms with Crippen LogP contribution in [0.4, 0.5) is 11.8 Å². The zero-order chi connectivity index (χ0) is 13.0. The van der Waals surface area contributed by atoms with Crippen molar-refractivity contribution in [2.24, 2.45) is 0 Å². The number of halogens is 1. The highest BCUT2D eigenvalue weighted by molar-refractivity contribution is 6.32. The molecule has 18 heavy (non-hydrogen) atoms. The van der Waals surface area contributed by atoms with Crippen molar-refractivity contribution in [1.82, 2.24) is 9.97 Å². The molecule has 0 amide bonds. The fourth-order valence-corrected chi connectivity index (χ4v) is 1.82. The minimum atomic E-state index is 0.519. The summed E-state index contributed by atoms with van der Waals surface area (Å²) in [5.74, 6) is 2.11. The van der Waals surface area contributed by atoms with Crippen LogP contribution in [0.3, 0.4) is 0 Å². The fourth-order valence-electron chi connectivity index (χ4n) is 1.58. The van der Waals surface area contributed by atoms with Crippen molar-refractivity contribution in [1.29, 1.82) is 0 Å². The molecule has 0 spiro atoms. The molecule has 0 aliphatic carbocycles. The van der Waals surface area contributed by atoms with E-state index in [4.69, 9.17) is 16.0 Å². The maximum Gasteiger partial charge on any atom is 0.224 e. The van der Waals surface area contributed by atoms with Gasteiger partial charge in [-0.3, -0.25) is 0 Å². The molecule has 96 valence electrons. The molecule has 0 atom stereocenters. The van der Waals surface area contributed by atoms with Crippen LogP contribution in [0.2, 0.25) is 5.02 Å². The molecule has 5 nitrogen and oxygen atoms in total. The molecule has 2 aromatic rings. The Morgan fingerprint density at radius 3 is 3.00 bits per heavy atom. The maximum atomic E-state index is 6.11. The maximum absolute atomic E-state index is 6.11. The van der Waals surface area contributed by atoms with Crippen LogP contribution in [0.1, 0.15) is 12.7 Å². The van der Waals surface area contributed by atoms with E-state index in [9.17, 15) is 0 Å². The molecule has 0 unspecified atom stereocenters. The van der Waals surface area contributed by atoms with Gasteiger partial charge < -0.3 is 14.6 Å². The molecule has 2 aromatic heterocycles. The van der Waals surface area contributed by atoms with Gasteiger partial charge in [0.2, 0.25) is 5.95 Å². The summed E-state index contributed by atoms with van der Waals surface area (Å²) in [6.07, 6.45) is 3.25.